The van der Waals surface area contributed by atoms with Crippen LogP contribution in [-0.4, -0.2) is 27.6 Å². The second-order valence-electron chi connectivity index (χ2n) is 4.25. The first-order valence-electron chi connectivity index (χ1n) is 6.25. The van der Waals surface area contributed by atoms with E-state index >= 15 is 0 Å². The van der Waals surface area contributed by atoms with Crippen LogP contribution in [0.4, 0.5) is 0 Å². The van der Waals surface area contributed by atoms with E-state index in [-0.39, 0.29) is 18.9 Å². The third-order valence-corrected chi connectivity index (χ3v) is 4.14. The Hall–Kier alpha value is -1.92. The molecule has 1 heterocycles. The molecule has 0 aromatic heterocycles. The molecule has 1 aliphatic rings. The summed E-state index contributed by atoms with van der Waals surface area (Å²) in [6.07, 6.45) is 5.12. The second kappa shape index (κ2) is 7.19. The van der Waals surface area contributed by atoms with Crippen molar-refractivity contribution >= 4 is 46.3 Å². The quantitative estimate of drug-likeness (QED) is 0.609. The van der Waals surface area contributed by atoms with Gasteiger partial charge in [0.2, 0.25) is 0 Å². The largest absolute Gasteiger partial charge is 0.550 e. The lowest BCUT2D eigenvalue weighted by Gasteiger charge is -2.14. The maximum atomic E-state index is 12.1. The summed E-state index contributed by atoms with van der Waals surface area (Å²) in [5.41, 5.74) is 1.03. The number of amides is 1. The highest BCUT2D eigenvalue weighted by Gasteiger charge is 2.30. The molecule has 2 rings (SSSR count). The van der Waals surface area contributed by atoms with Crippen molar-refractivity contribution in [2.45, 2.75) is 6.42 Å². The maximum absolute atomic E-state index is 12.1. The number of aliphatic carboxylic acids is 1. The van der Waals surface area contributed by atoms with Crippen LogP contribution in [0.15, 0.2) is 47.4 Å². The Morgan fingerprint density at radius 3 is 2.71 bits per heavy atom. The first kappa shape index (κ1) is 15.5. The number of hydrogen-bond donors (Lipinski definition) is 0. The molecule has 0 unspecified atom stereocenters. The van der Waals surface area contributed by atoms with Gasteiger partial charge in [-0.05, 0) is 11.6 Å². The number of thioether (sulfide) groups is 1. The number of nitrogens with zero attached hydrogens (tertiary/aromatic N) is 1. The number of carboxylic acid groups (broad SMARTS) is 1. The van der Waals surface area contributed by atoms with Crippen molar-refractivity contribution in [1.29, 1.82) is 0 Å². The van der Waals surface area contributed by atoms with E-state index in [1.54, 1.807) is 12.2 Å². The summed E-state index contributed by atoms with van der Waals surface area (Å²) in [6.45, 7) is 0.0484. The molecule has 1 fully saturated rings. The van der Waals surface area contributed by atoms with Gasteiger partial charge in [-0.2, -0.15) is 0 Å². The first-order valence-corrected chi connectivity index (χ1v) is 7.47. The Kier molecular flexibility index (Phi) is 5.30. The normalized spacial score (nSPS) is 17.1. The standard InChI is InChI=1S/C15H13NO3S2/c17-13(18)9-10-16-14(19)12(21-15(16)20)8-4-7-11-5-2-1-3-6-11/h1-8H,9-10H2,(H,17,18)/p-1/b7-4+,12-8+. The van der Waals surface area contributed by atoms with Gasteiger partial charge in [0.1, 0.15) is 4.32 Å². The maximum Gasteiger partial charge on any atom is 0.266 e. The van der Waals surface area contributed by atoms with Crippen LogP contribution in [0.1, 0.15) is 12.0 Å². The van der Waals surface area contributed by atoms with E-state index in [4.69, 9.17) is 12.2 Å². The summed E-state index contributed by atoms with van der Waals surface area (Å²) < 4.78 is 0.376. The van der Waals surface area contributed by atoms with Crippen molar-refractivity contribution in [2.24, 2.45) is 0 Å². The zero-order chi connectivity index (χ0) is 15.2. The highest BCUT2D eigenvalue weighted by atomic mass is 32.2. The van der Waals surface area contributed by atoms with E-state index in [9.17, 15) is 14.7 Å². The van der Waals surface area contributed by atoms with Crippen LogP contribution < -0.4 is 5.11 Å². The van der Waals surface area contributed by atoms with Crippen LogP contribution in [0.3, 0.4) is 0 Å². The van der Waals surface area contributed by atoms with Crippen molar-refractivity contribution < 1.29 is 14.7 Å². The number of rotatable bonds is 5. The van der Waals surface area contributed by atoms with Crippen LogP contribution in [0.5, 0.6) is 0 Å². The smallest absolute Gasteiger partial charge is 0.266 e. The van der Waals surface area contributed by atoms with Gasteiger partial charge in [-0.25, -0.2) is 0 Å². The highest BCUT2D eigenvalue weighted by Crippen LogP contribution is 2.30. The summed E-state index contributed by atoms with van der Waals surface area (Å²) >= 11 is 6.25. The van der Waals surface area contributed by atoms with E-state index in [1.165, 1.54) is 16.7 Å². The highest BCUT2D eigenvalue weighted by molar-refractivity contribution is 8.26. The third-order valence-electron chi connectivity index (χ3n) is 2.75. The Morgan fingerprint density at radius 1 is 1.33 bits per heavy atom. The molecule has 4 nitrogen and oxygen atoms in total. The van der Waals surface area contributed by atoms with E-state index in [0.717, 1.165) is 5.56 Å². The molecule has 0 aliphatic carbocycles. The third kappa shape index (κ3) is 4.27. The molecule has 1 aromatic rings. The zero-order valence-corrected chi connectivity index (χ0v) is 12.7. The molecular formula is C15H12NO3S2-. The Balaban J connectivity index is 2.03. The van der Waals surface area contributed by atoms with Gasteiger partial charge in [0, 0.05) is 18.9 Å². The lowest BCUT2D eigenvalue weighted by atomic mass is 10.2. The van der Waals surface area contributed by atoms with Crippen LogP contribution in [0.25, 0.3) is 6.08 Å². The van der Waals surface area contributed by atoms with E-state index in [2.05, 4.69) is 0 Å². The molecule has 1 saturated heterocycles. The molecule has 0 saturated carbocycles. The molecule has 1 aromatic carbocycles. The molecule has 108 valence electrons. The summed E-state index contributed by atoms with van der Waals surface area (Å²) in [5, 5.41) is 10.5. The van der Waals surface area contributed by atoms with E-state index in [1.807, 2.05) is 36.4 Å². The molecule has 1 aliphatic heterocycles. The molecular weight excluding hydrogens is 306 g/mol. The van der Waals surface area contributed by atoms with Crippen LogP contribution in [0.2, 0.25) is 0 Å². The van der Waals surface area contributed by atoms with E-state index < -0.39 is 5.97 Å². The molecule has 21 heavy (non-hydrogen) atoms. The number of carbonyl (C=O) groups is 2. The van der Waals surface area contributed by atoms with Crippen LogP contribution in [-0.2, 0) is 9.59 Å². The summed E-state index contributed by atoms with van der Waals surface area (Å²) in [4.78, 5) is 24.3. The van der Waals surface area contributed by atoms with Crippen LogP contribution >= 0.6 is 24.0 Å². The van der Waals surface area contributed by atoms with E-state index in [0.29, 0.717) is 9.23 Å². The van der Waals surface area contributed by atoms with Crippen molar-refractivity contribution in [3.05, 3.63) is 53.0 Å². The molecule has 6 heteroatoms. The first-order chi connectivity index (χ1) is 10.1. The minimum atomic E-state index is -1.20. The minimum absolute atomic E-state index is 0.0484. The molecule has 0 radical (unpaired) electrons. The lowest BCUT2D eigenvalue weighted by Crippen LogP contribution is -2.33. The number of hydrogen-bond acceptors (Lipinski definition) is 5. The number of allylic oxidation sites excluding steroid dienone is 2. The second-order valence-corrected chi connectivity index (χ2v) is 5.92. The Bertz CT molecular complexity index is 623. The van der Waals surface area contributed by atoms with Gasteiger partial charge < -0.3 is 9.90 Å². The average Bonchev–Trinajstić information content (AvgIpc) is 2.72. The fraction of sp³-hybridized carbons (Fsp3) is 0.133. The van der Waals surface area contributed by atoms with Crippen LogP contribution in [0, 0.1) is 0 Å². The predicted molar refractivity (Wildman–Crippen MR) is 85.1 cm³/mol. The fourth-order valence-electron chi connectivity index (χ4n) is 1.72. The fourth-order valence-corrected chi connectivity index (χ4v) is 2.98. The van der Waals surface area contributed by atoms with Crippen molar-refractivity contribution in [1.82, 2.24) is 4.90 Å². The minimum Gasteiger partial charge on any atom is -0.550 e. The zero-order valence-electron chi connectivity index (χ0n) is 11.0. The number of benzene rings is 1. The topological polar surface area (TPSA) is 60.4 Å². The summed E-state index contributed by atoms with van der Waals surface area (Å²) in [7, 11) is 0. The number of carboxylic acids is 1. The molecule has 1 amide bonds. The van der Waals surface area contributed by atoms with Gasteiger partial charge in [-0.3, -0.25) is 9.69 Å². The number of carbonyl (C=O) groups excluding carboxylic acids is 2. The molecule has 0 spiro atoms. The number of thiocarbonyl (C=S) groups is 1. The van der Waals surface area contributed by atoms with Crippen molar-refractivity contribution in [2.75, 3.05) is 6.54 Å². The monoisotopic (exact) mass is 318 g/mol. The Labute approximate surface area is 132 Å². The molecule has 0 N–H and O–H groups in total. The summed E-state index contributed by atoms with van der Waals surface area (Å²) in [6, 6.07) is 9.70. The van der Waals surface area contributed by atoms with Gasteiger partial charge in [-0.1, -0.05) is 66.5 Å². The van der Waals surface area contributed by atoms with Crippen molar-refractivity contribution in [3.63, 3.8) is 0 Å². The average molecular weight is 318 g/mol. The summed E-state index contributed by atoms with van der Waals surface area (Å²) in [5.74, 6) is -1.46. The Morgan fingerprint density at radius 2 is 2.05 bits per heavy atom. The van der Waals surface area contributed by atoms with Gasteiger partial charge >= 0.3 is 0 Å². The van der Waals surface area contributed by atoms with Gasteiger partial charge in [-0.15, -0.1) is 0 Å². The molecule has 0 atom stereocenters. The van der Waals surface area contributed by atoms with Gasteiger partial charge in [0.05, 0.1) is 4.91 Å². The van der Waals surface area contributed by atoms with Gasteiger partial charge in [0.25, 0.3) is 5.91 Å². The molecule has 0 bridgehead atoms. The van der Waals surface area contributed by atoms with Gasteiger partial charge in [0.15, 0.2) is 0 Å². The SMILES string of the molecule is O=C([O-])CCN1C(=O)/C(=C\C=C\c2ccccc2)SC1=S. The van der Waals surface area contributed by atoms with Crippen molar-refractivity contribution in [3.8, 4) is 0 Å². The predicted octanol–water partition coefficient (Wildman–Crippen LogP) is 1.58. The lowest BCUT2D eigenvalue weighted by molar-refractivity contribution is -0.305.